The first-order chi connectivity index (χ1) is 6.02. The molecule has 0 amide bonds. The van der Waals surface area contributed by atoms with Crippen molar-refractivity contribution in [3.05, 3.63) is 24.6 Å². The van der Waals surface area contributed by atoms with E-state index in [0.29, 0.717) is 5.92 Å². The summed E-state index contributed by atoms with van der Waals surface area (Å²) < 4.78 is 0. The summed E-state index contributed by atoms with van der Waals surface area (Å²) in [6.45, 7) is 16.0. The molecule has 0 bridgehead atoms. The lowest BCUT2D eigenvalue weighted by atomic mass is 10.1. The Morgan fingerprint density at radius 1 is 1.46 bits per heavy atom. The number of allylic oxidation sites excluding steroid dienone is 2. The third-order valence-electron chi connectivity index (χ3n) is 2.77. The highest BCUT2D eigenvalue weighted by Crippen LogP contribution is 2.33. The van der Waals surface area contributed by atoms with Crippen molar-refractivity contribution in [2.45, 2.75) is 33.6 Å². The van der Waals surface area contributed by atoms with Gasteiger partial charge in [-0.15, -0.1) is 0 Å². The van der Waals surface area contributed by atoms with Crippen LogP contribution in [0.1, 0.15) is 33.6 Å². The molecule has 1 atom stereocenters. The molecule has 1 aliphatic rings. The van der Waals surface area contributed by atoms with Crippen molar-refractivity contribution in [3.8, 4) is 0 Å². The molecule has 0 radical (unpaired) electrons. The fraction of sp³-hybridized carbons (Fsp3) is 0.667. The summed E-state index contributed by atoms with van der Waals surface area (Å²) in [5.74, 6) is 1.36. The van der Waals surface area contributed by atoms with Gasteiger partial charge in [0.2, 0.25) is 0 Å². The Hall–Kier alpha value is -0.720. The minimum Gasteiger partial charge on any atom is -0.349 e. The zero-order chi connectivity index (χ0) is 10.0. The Balaban J connectivity index is 2.49. The van der Waals surface area contributed by atoms with E-state index in [9.17, 15) is 0 Å². The Kier molecular flexibility index (Phi) is 3.18. The average Bonchev–Trinajstić information content (AvgIpc) is 2.24. The van der Waals surface area contributed by atoms with Gasteiger partial charge < -0.3 is 4.90 Å². The zero-order valence-electron chi connectivity index (χ0n) is 9.14. The zero-order valence-corrected chi connectivity index (χ0v) is 9.14. The van der Waals surface area contributed by atoms with E-state index in [0.717, 1.165) is 18.9 Å². The van der Waals surface area contributed by atoms with Crippen LogP contribution in [-0.2, 0) is 0 Å². The van der Waals surface area contributed by atoms with Gasteiger partial charge in [-0.2, -0.15) is 0 Å². The summed E-state index contributed by atoms with van der Waals surface area (Å²) >= 11 is 0. The molecule has 13 heavy (non-hydrogen) atoms. The van der Waals surface area contributed by atoms with Crippen molar-refractivity contribution < 1.29 is 0 Å². The third-order valence-corrected chi connectivity index (χ3v) is 2.77. The van der Waals surface area contributed by atoms with Gasteiger partial charge in [-0.1, -0.05) is 33.9 Å². The summed E-state index contributed by atoms with van der Waals surface area (Å²) in [5, 5.41) is 0. The monoisotopic (exact) mass is 179 g/mol. The molecule has 1 rings (SSSR count). The van der Waals surface area contributed by atoms with Crippen LogP contribution in [0.4, 0.5) is 0 Å². The number of nitrogens with zero attached hydrogens (tertiary/aromatic N) is 1. The lowest BCUT2D eigenvalue weighted by Gasteiger charge is -2.22. The number of hydrogen-bond donors (Lipinski definition) is 0. The maximum atomic E-state index is 4.11. The molecule has 0 aromatic rings. The summed E-state index contributed by atoms with van der Waals surface area (Å²) in [7, 11) is 0. The smallest absolute Gasteiger partial charge is 0.0226 e. The van der Waals surface area contributed by atoms with Crippen molar-refractivity contribution in [2.24, 2.45) is 11.8 Å². The topological polar surface area (TPSA) is 3.24 Å². The molecule has 1 saturated heterocycles. The molecular formula is C12H21N. The van der Waals surface area contributed by atoms with Gasteiger partial charge in [0.25, 0.3) is 0 Å². The van der Waals surface area contributed by atoms with Gasteiger partial charge in [0, 0.05) is 23.9 Å². The molecule has 0 aromatic carbocycles. The quantitative estimate of drug-likeness (QED) is 0.642. The van der Waals surface area contributed by atoms with E-state index < -0.39 is 0 Å². The van der Waals surface area contributed by atoms with Crippen LogP contribution in [0.15, 0.2) is 24.6 Å². The highest BCUT2D eigenvalue weighted by atomic mass is 15.2. The van der Waals surface area contributed by atoms with Crippen LogP contribution in [0.2, 0.25) is 0 Å². The normalized spacial score (nSPS) is 23.4. The minimum atomic E-state index is 0.597. The Bertz CT molecular complexity index is 215. The third kappa shape index (κ3) is 2.36. The maximum Gasteiger partial charge on any atom is 0.0226 e. The molecule has 1 aliphatic heterocycles. The van der Waals surface area contributed by atoms with Crippen LogP contribution >= 0.6 is 0 Å². The predicted octanol–water partition coefficient (Wildman–Crippen LogP) is 3.40. The SMILES string of the molecule is C=C1CC(C)C(=C)N1CCC(C)C. The second-order valence-corrected chi connectivity index (χ2v) is 4.50. The molecule has 1 nitrogen and oxygen atoms in total. The molecule has 0 aromatic heterocycles. The lowest BCUT2D eigenvalue weighted by Crippen LogP contribution is -2.18. The summed E-state index contributed by atoms with van der Waals surface area (Å²) in [5.41, 5.74) is 2.50. The van der Waals surface area contributed by atoms with Crippen LogP contribution in [0, 0.1) is 11.8 Å². The van der Waals surface area contributed by atoms with E-state index in [-0.39, 0.29) is 0 Å². The van der Waals surface area contributed by atoms with Crippen LogP contribution < -0.4 is 0 Å². The number of rotatable bonds is 3. The Labute approximate surface area is 82.1 Å². The van der Waals surface area contributed by atoms with Crippen LogP contribution in [0.5, 0.6) is 0 Å². The first-order valence-corrected chi connectivity index (χ1v) is 5.16. The van der Waals surface area contributed by atoms with E-state index in [1.165, 1.54) is 17.8 Å². The fourth-order valence-corrected chi connectivity index (χ4v) is 1.74. The molecule has 1 heterocycles. The lowest BCUT2D eigenvalue weighted by molar-refractivity contribution is 0.401. The van der Waals surface area contributed by atoms with Gasteiger partial charge in [-0.3, -0.25) is 0 Å². The van der Waals surface area contributed by atoms with Gasteiger partial charge in [0.05, 0.1) is 0 Å². The molecule has 1 fully saturated rings. The van der Waals surface area contributed by atoms with E-state index in [4.69, 9.17) is 0 Å². The van der Waals surface area contributed by atoms with E-state index >= 15 is 0 Å². The van der Waals surface area contributed by atoms with Crippen molar-refractivity contribution in [2.75, 3.05) is 6.54 Å². The Morgan fingerprint density at radius 3 is 2.46 bits per heavy atom. The summed E-state index contributed by atoms with van der Waals surface area (Å²) in [6.07, 6.45) is 2.32. The number of hydrogen-bond acceptors (Lipinski definition) is 1. The standard InChI is InChI=1S/C12H21N/c1-9(2)6-7-13-11(4)8-10(3)12(13)5/h9-10H,4-8H2,1-3H3. The largest absolute Gasteiger partial charge is 0.349 e. The van der Waals surface area contributed by atoms with Crippen LogP contribution in [-0.4, -0.2) is 11.4 Å². The van der Waals surface area contributed by atoms with Gasteiger partial charge in [0.1, 0.15) is 0 Å². The molecule has 1 unspecified atom stereocenters. The van der Waals surface area contributed by atoms with E-state index in [1.807, 2.05) is 0 Å². The molecule has 0 spiro atoms. The molecule has 0 aliphatic carbocycles. The minimum absolute atomic E-state index is 0.597. The van der Waals surface area contributed by atoms with E-state index in [1.54, 1.807) is 0 Å². The van der Waals surface area contributed by atoms with Crippen LogP contribution in [0.25, 0.3) is 0 Å². The van der Waals surface area contributed by atoms with Crippen molar-refractivity contribution in [1.29, 1.82) is 0 Å². The summed E-state index contributed by atoms with van der Waals surface area (Å²) in [4.78, 5) is 2.30. The predicted molar refractivity (Wildman–Crippen MR) is 58.2 cm³/mol. The van der Waals surface area contributed by atoms with Gasteiger partial charge in [0.15, 0.2) is 0 Å². The molecule has 0 saturated carbocycles. The molecule has 74 valence electrons. The highest BCUT2D eigenvalue weighted by molar-refractivity contribution is 5.18. The van der Waals surface area contributed by atoms with Crippen molar-refractivity contribution in [1.82, 2.24) is 4.90 Å². The Morgan fingerprint density at radius 2 is 2.08 bits per heavy atom. The van der Waals surface area contributed by atoms with E-state index in [2.05, 4.69) is 38.8 Å². The molecule has 0 N–H and O–H groups in total. The average molecular weight is 179 g/mol. The van der Waals surface area contributed by atoms with Crippen molar-refractivity contribution in [3.63, 3.8) is 0 Å². The van der Waals surface area contributed by atoms with Crippen LogP contribution in [0.3, 0.4) is 0 Å². The van der Waals surface area contributed by atoms with Crippen molar-refractivity contribution >= 4 is 0 Å². The molecule has 1 heteroatoms. The fourth-order valence-electron chi connectivity index (χ4n) is 1.74. The highest BCUT2D eigenvalue weighted by Gasteiger charge is 2.25. The van der Waals surface area contributed by atoms with Gasteiger partial charge >= 0.3 is 0 Å². The second-order valence-electron chi connectivity index (χ2n) is 4.50. The number of likely N-dealkylation sites (tertiary alicyclic amines) is 1. The summed E-state index contributed by atoms with van der Waals surface area (Å²) in [6, 6.07) is 0. The molecular weight excluding hydrogens is 158 g/mol. The maximum absolute atomic E-state index is 4.11. The van der Waals surface area contributed by atoms with Gasteiger partial charge in [-0.05, 0) is 18.8 Å². The second kappa shape index (κ2) is 3.99. The van der Waals surface area contributed by atoms with Gasteiger partial charge in [-0.25, -0.2) is 0 Å². The first kappa shape index (κ1) is 10.4. The first-order valence-electron chi connectivity index (χ1n) is 5.16.